The highest BCUT2D eigenvalue weighted by Gasteiger charge is 2.20. The normalized spacial score (nSPS) is 20.9. The lowest BCUT2D eigenvalue weighted by molar-refractivity contribution is 0.208. The zero-order chi connectivity index (χ0) is 11.4. The maximum Gasteiger partial charge on any atom is 0.225 e. The zero-order valence-corrected chi connectivity index (χ0v) is 9.46. The highest BCUT2D eigenvalue weighted by molar-refractivity contribution is 5.32. The first-order chi connectivity index (χ1) is 7.83. The molecular weight excluding hydrogens is 206 g/mol. The molecule has 5 nitrogen and oxygen atoms in total. The minimum atomic E-state index is 0.243. The van der Waals surface area contributed by atoms with E-state index in [1.54, 1.807) is 19.5 Å². The number of nitrogens with zero attached hydrogens (tertiary/aromatic N) is 3. The van der Waals surface area contributed by atoms with Crippen LogP contribution < -0.4 is 9.64 Å². The minimum Gasteiger partial charge on any atom is -0.494 e. The third-order valence-electron chi connectivity index (χ3n) is 2.91. The fraction of sp³-hybridized carbons (Fsp3) is 0.636. The smallest absolute Gasteiger partial charge is 0.225 e. The van der Waals surface area contributed by atoms with Crippen molar-refractivity contribution in [1.82, 2.24) is 9.97 Å². The van der Waals surface area contributed by atoms with Crippen LogP contribution in [-0.2, 0) is 0 Å². The molecule has 1 aliphatic rings. The first-order valence-electron chi connectivity index (χ1n) is 5.55. The van der Waals surface area contributed by atoms with Gasteiger partial charge in [0, 0.05) is 19.7 Å². The molecule has 1 fully saturated rings. The van der Waals surface area contributed by atoms with Gasteiger partial charge in [0.05, 0.1) is 19.5 Å². The summed E-state index contributed by atoms with van der Waals surface area (Å²) in [7, 11) is 1.60. The van der Waals surface area contributed by atoms with Crippen LogP contribution in [-0.4, -0.2) is 41.9 Å². The molecule has 1 aromatic heterocycles. The number of rotatable bonds is 3. The first-order valence-corrected chi connectivity index (χ1v) is 5.55. The molecule has 0 aromatic carbocycles. The maximum atomic E-state index is 9.15. The van der Waals surface area contributed by atoms with Gasteiger partial charge in [0.2, 0.25) is 5.95 Å². The molecule has 16 heavy (non-hydrogen) atoms. The van der Waals surface area contributed by atoms with Crippen LogP contribution in [0.25, 0.3) is 0 Å². The van der Waals surface area contributed by atoms with E-state index in [0.717, 1.165) is 31.9 Å². The van der Waals surface area contributed by atoms with Gasteiger partial charge in [-0.1, -0.05) is 0 Å². The second kappa shape index (κ2) is 5.12. The molecule has 0 aliphatic carbocycles. The lowest BCUT2D eigenvalue weighted by Crippen LogP contribution is -2.37. The summed E-state index contributed by atoms with van der Waals surface area (Å²) in [5.74, 6) is 1.73. The summed E-state index contributed by atoms with van der Waals surface area (Å²) in [6.07, 6.45) is 5.51. The Bertz CT molecular complexity index is 329. The maximum absolute atomic E-state index is 9.15. The van der Waals surface area contributed by atoms with Crippen LogP contribution in [0.2, 0.25) is 0 Å². The quantitative estimate of drug-likeness (QED) is 0.817. The fourth-order valence-electron chi connectivity index (χ4n) is 1.97. The van der Waals surface area contributed by atoms with Gasteiger partial charge >= 0.3 is 0 Å². The van der Waals surface area contributed by atoms with Crippen molar-refractivity contribution in [3.63, 3.8) is 0 Å². The molecule has 1 unspecified atom stereocenters. The molecule has 0 saturated carbocycles. The lowest BCUT2D eigenvalue weighted by atomic mass is 9.99. The standard InChI is InChI=1S/C11H17N3O2/c1-16-10-5-12-11(13-6-10)14-4-2-3-9(7-14)8-15/h5-6,9,15H,2-4,7-8H2,1H3. The summed E-state index contributed by atoms with van der Waals surface area (Å²) in [4.78, 5) is 10.6. The molecule has 0 amide bonds. The molecule has 2 heterocycles. The van der Waals surface area contributed by atoms with E-state index in [9.17, 15) is 0 Å². The van der Waals surface area contributed by atoms with Crippen LogP contribution in [0.5, 0.6) is 5.75 Å². The molecule has 1 aliphatic heterocycles. The van der Waals surface area contributed by atoms with E-state index in [-0.39, 0.29) is 6.61 Å². The van der Waals surface area contributed by atoms with Crippen LogP contribution in [0.1, 0.15) is 12.8 Å². The Labute approximate surface area is 95.1 Å². The highest BCUT2D eigenvalue weighted by atomic mass is 16.5. The van der Waals surface area contributed by atoms with E-state index in [1.165, 1.54) is 0 Å². The number of hydrogen-bond acceptors (Lipinski definition) is 5. The van der Waals surface area contributed by atoms with Crippen molar-refractivity contribution in [2.24, 2.45) is 5.92 Å². The molecule has 1 N–H and O–H groups in total. The number of aliphatic hydroxyl groups is 1. The Morgan fingerprint density at radius 2 is 2.25 bits per heavy atom. The average molecular weight is 223 g/mol. The predicted octanol–water partition coefficient (Wildman–Crippen LogP) is 0.694. The van der Waals surface area contributed by atoms with Crippen molar-refractivity contribution in [1.29, 1.82) is 0 Å². The Morgan fingerprint density at radius 1 is 1.50 bits per heavy atom. The molecular formula is C11H17N3O2. The minimum absolute atomic E-state index is 0.243. The summed E-state index contributed by atoms with van der Waals surface area (Å²) in [5, 5.41) is 9.15. The largest absolute Gasteiger partial charge is 0.494 e. The number of ether oxygens (including phenoxy) is 1. The van der Waals surface area contributed by atoms with Crippen molar-refractivity contribution in [2.75, 3.05) is 31.7 Å². The Hall–Kier alpha value is -1.36. The number of hydrogen-bond donors (Lipinski definition) is 1. The van der Waals surface area contributed by atoms with Gasteiger partial charge in [-0.2, -0.15) is 0 Å². The predicted molar refractivity (Wildman–Crippen MR) is 60.6 cm³/mol. The van der Waals surface area contributed by atoms with Gasteiger partial charge in [0.15, 0.2) is 5.75 Å². The van der Waals surface area contributed by atoms with Crippen LogP contribution in [0.3, 0.4) is 0 Å². The molecule has 1 saturated heterocycles. The molecule has 0 bridgehead atoms. The lowest BCUT2D eigenvalue weighted by Gasteiger charge is -2.31. The number of aromatic nitrogens is 2. The van der Waals surface area contributed by atoms with Crippen LogP contribution in [0.4, 0.5) is 5.95 Å². The third-order valence-corrected chi connectivity index (χ3v) is 2.91. The van der Waals surface area contributed by atoms with Gasteiger partial charge in [0.1, 0.15) is 0 Å². The van der Waals surface area contributed by atoms with Crippen molar-refractivity contribution in [3.05, 3.63) is 12.4 Å². The topological polar surface area (TPSA) is 58.5 Å². The average Bonchev–Trinajstić information content (AvgIpc) is 2.39. The van der Waals surface area contributed by atoms with Gasteiger partial charge in [-0.05, 0) is 18.8 Å². The highest BCUT2D eigenvalue weighted by Crippen LogP contribution is 2.20. The number of anilines is 1. The molecule has 1 atom stereocenters. The summed E-state index contributed by atoms with van der Waals surface area (Å²) in [6.45, 7) is 2.04. The Kier molecular flexibility index (Phi) is 3.56. The fourth-order valence-corrected chi connectivity index (χ4v) is 1.97. The van der Waals surface area contributed by atoms with Gasteiger partial charge in [-0.3, -0.25) is 0 Å². The number of piperidine rings is 1. The summed E-state index contributed by atoms with van der Waals surface area (Å²) in [5.41, 5.74) is 0. The van der Waals surface area contributed by atoms with Crippen molar-refractivity contribution >= 4 is 5.95 Å². The van der Waals surface area contributed by atoms with Crippen LogP contribution in [0, 0.1) is 5.92 Å². The van der Waals surface area contributed by atoms with E-state index in [1.807, 2.05) is 0 Å². The SMILES string of the molecule is COc1cnc(N2CCCC(CO)C2)nc1. The molecule has 2 rings (SSSR count). The van der Waals surface area contributed by atoms with Crippen molar-refractivity contribution in [2.45, 2.75) is 12.8 Å². The van der Waals surface area contributed by atoms with Gasteiger partial charge in [-0.15, -0.1) is 0 Å². The molecule has 88 valence electrons. The van der Waals surface area contributed by atoms with Crippen LogP contribution >= 0.6 is 0 Å². The van der Waals surface area contributed by atoms with E-state index >= 15 is 0 Å². The van der Waals surface area contributed by atoms with Gasteiger partial charge < -0.3 is 14.7 Å². The van der Waals surface area contributed by atoms with E-state index in [2.05, 4.69) is 14.9 Å². The summed E-state index contributed by atoms with van der Waals surface area (Å²) in [6, 6.07) is 0. The van der Waals surface area contributed by atoms with Crippen molar-refractivity contribution < 1.29 is 9.84 Å². The Morgan fingerprint density at radius 3 is 2.88 bits per heavy atom. The first kappa shape index (κ1) is 11.1. The van der Waals surface area contributed by atoms with E-state index in [0.29, 0.717) is 11.7 Å². The van der Waals surface area contributed by atoms with Gasteiger partial charge in [0.25, 0.3) is 0 Å². The number of methoxy groups -OCH3 is 1. The third kappa shape index (κ3) is 2.41. The number of aliphatic hydroxyl groups excluding tert-OH is 1. The molecule has 0 spiro atoms. The zero-order valence-electron chi connectivity index (χ0n) is 9.46. The van der Waals surface area contributed by atoms with E-state index in [4.69, 9.17) is 9.84 Å². The second-order valence-electron chi connectivity index (χ2n) is 4.06. The molecule has 5 heteroatoms. The van der Waals surface area contributed by atoms with Crippen molar-refractivity contribution in [3.8, 4) is 5.75 Å². The second-order valence-corrected chi connectivity index (χ2v) is 4.06. The summed E-state index contributed by atoms with van der Waals surface area (Å²) < 4.78 is 5.02. The molecule has 1 aromatic rings. The van der Waals surface area contributed by atoms with E-state index < -0.39 is 0 Å². The van der Waals surface area contributed by atoms with Gasteiger partial charge in [-0.25, -0.2) is 9.97 Å². The monoisotopic (exact) mass is 223 g/mol. The summed E-state index contributed by atoms with van der Waals surface area (Å²) >= 11 is 0. The Balaban J connectivity index is 2.05. The van der Waals surface area contributed by atoms with Crippen LogP contribution in [0.15, 0.2) is 12.4 Å². The molecule has 0 radical (unpaired) electrons.